The average molecular weight is 391 g/mol. The number of hydrogen-bond donors (Lipinski definition) is 1. The topological polar surface area (TPSA) is 18.5 Å². The van der Waals surface area contributed by atoms with Gasteiger partial charge in [-0.05, 0) is 24.8 Å². The van der Waals surface area contributed by atoms with Gasteiger partial charge in [0.15, 0.2) is 0 Å². The molecule has 4 heteroatoms. The molecule has 25 heavy (non-hydrogen) atoms. The van der Waals surface area contributed by atoms with Gasteiger partial charge in [0.05, 0.1) is 0 Å². The Morgan fingerprint density at radius 2 is 0.800 bits per heavy atom. The molecule has 0 aliphatic rings. The molecule has 0 spiro atoms. The summed E-state index contributed by atoms with van der Waals surface area (Å²) in [6.07, 6.45) is 22.5. The fourth-order valence-corrected chi connectivity index (χ4v) is 5.01. The molecule has 152 valence electrons. The molecule has 0 saturated heterocycles. The molecule has 0 rings (SSSR count). The monoisotopic (exact) mass is 390 g/mol. The van der Waals surface area contributed by atoms with Crippen molar-refractivity contribution in [3.05, 3.63) is 0 Å². The minimum Gasteiger partial charge on any atom is -0.398 e. The Hall–Kier alpha value is 0.487. The van der Waals surface area contributed by atoms with Gasteiger partial charge in [0.25, 0.3) is 0 Å². The molecule has 0 heterocycles. The van der Waals surface area contributed by atoms with Crippen LogP contribution in [0.1, 0.15) is 103 Å². The second-order valence-electron chi connectivity index (χ2n) is 7.67. The lowest BCUT2D eigenvalue weighted by atomic mass is 10.0. The van der Waals surface area contributed by atoms with Crippen molar-refractivity contribution in [1.82, 2.24) is 0 Å². The van der Waals surface area contributed by atoms with Crippen LogP contribution in [0.5, 0.6) is 0 Å². The smallest absolute Gasteiger partial charge is 0.334 e. The zero-order chi connectivity index (χ0) is 18.6. The van der Waals surface area contributed by atoms with Crippen molar-refractivity contribution in [1.29, 1.82) is 0 Å². The Bertz CT molecular complexity index is 260. The standard InChI is InChI=1S/C21H46O2SSi/c1-22-25(3,23-2)21-19-17-15-13-11-9-7-5-4-6-8-10-12-14-16-18-20-24/h24H,4-21H2,1-3H3. The van der Waals surface area contributed by atoms with E-state index in [1.807, 2.05) is 0 Å². The minimum atomic E-state index is -1.81. The maximum atomic E-state index is 5.53. The Labute approximate surface area is 165 Å². The van der Waals surface area contributed by atoms with Crippen molar-refractivity contribution in [2.24, 2.45) is 0 Å². The molecule has 0 N–H and O–H groups in total. The van der Waals surface area contributed by atoms with Gasteiger partial charge in [-0.15, -0.1) is 0 Å². The highest BCUT2D eigenvalue weighted by Crippen LogP contribution is 2.18. The fraction of sp³-hybridized carbons (Fsp3) is 1.00. The van der Waals surface area contributed by atoms with Crippen LogP contribution in [0.25, 0.3) is 0 Å². The predicted octanol–water partition coefficient (Wildman–Crippen LogP) is 7.52. The summed E-state index contributed by atoms with van der Waals surface area (Å²) < 4.78 is 11.1. The van der Waals surface area contributed by atoms with E-state index >= 15 is 0 Å². The van der Waals surface area contributed by atoms with Gasteiger partial charge in [-0.25, -0.2) is 0 Å². The lowest BCUT2D eigenvalue weighted by Crippen LogP contribution is -2.35. The highest BCUT2D eigenvalue weighted by molar-refractivity contribution is 7.80. The van der Waals surface area contributed by atoms with Crippen LogP contribution < -0.4 is 0 Å². The number of thiol groups is 1. The molecule has 0 bridgehead atoms. The summed E-state index contributed by atoms with van der Waals surface area (Å²) in [5, 5.41) is 0. The molecule has 0 fully saturated rings. The van der Waals surface area contributed by atoms with Crippen LogP contribution in [-0.4, -0.2) is 28.5 Å². The van der Waals surface area contributed by atoms with E-state index in [4.69, 9.17) is 8.85 Å². The fourth-order valence-electron chi connectivity index (χ4n) is 3.32. The van der Waals surface area contributed by atoms with Crippen LogP contribution in [-0.2, 0) is 8.85 Å². The van der Waals surface area contributed by atoms with Gasteiger partial charge in [-0.3, -0.25) is 0 Å². The first-order valence-electron chi connectivity index (χ1n) is 10.9. The summed E-state index contributed by atoms with van der Waals surface area (Å²) in [7, 11) is 1.78. The van der Waals surface area contributed by atoms with Gasteiger partial charge in [0.1, 0.15) is 0 Å². The number of rotatable bonds is 20. The summed E-state index contributed by atoms with van der Waals surface area (Å²) in [6, 6.07) is 1.13. The molecule has 0 aliphatic carbocycles. The van der Waals surface area contributed by atoms with Crippen LogP contribution in [0.2, 0.25) is 12.6 Å². The van der Waals surface area contributed by atoms with Gasteiger partial charge in [-0.2, -0.15) is 12.6 Å². The van der Waals surface area contributed by atoms with Gasteiger partial charge >= 0.3 is 8.56 Å². The van der Waals surface area contributed by atoms with E-state index in [0.717, 1.165) is 11.8 Å². The van der Waals surface area contributed by atoms with Crippen molar-refractivity contribution in [2.45, 2.75) is 115 Å². The van der Waals surface area contributed by atoms with Crippen molar-refractivity contribution in [3.63, 3.8) is 0 Å². The van der Waals surface area contributed by atoms with Crippen molar-refractivity contribution in [2.75, 3.05) is 20.0 Å². The predicted molar refractivity (Wildman–Crippen MR) is 118 cm³/mol. The first kappa shape index (κ1) is 25.5. The highest BCUT2D eigenvalue weighted by atomic mass is 32.1. The van der Waals surface area contributed by atoms with E-state index in [-0.39, 0.29) is 0 Å². The third-order valence-corrected chi connectivity index (χ3v) is 8.71. The largest absolute Gasteiger partial charge is 0.398 e. The van der Waals surface area contributed by atoms with Crippen LogP contribution in [0, 0.1) is 0 Å². The van der Waals surface area contributed by atoms with E-state index in [0.29, 0.717) is 0 Å². The van der Waals surface area contributed by atoms with Crippen LogP contribution in [0.15, 0.2) is 0 Å². The summed E-state index contributed by atoms with van der Waals surface area (Å²) in [5.41, 5.74) is 0. The lowest BCUT2D eigenvalue weighted by molar-refractivity contribution is 0.248. The van der Waals surface area contributed by atoms with Crippen LogP contribution in [0.4, 0.5) is 0 Å². The van der Waals surface area contributed by atoms with E-state index in [1.54, 1.807) is 14.2 Å². The zero-order valence-electron chi connectivity index (χ0n) is 17.5. The molecule has 0 saturated carbocycles. The molecule has 2 nitrogen and oxygen atoms in total. The molecule has 0 atom stereocenters. The Morgan fingerprint density at radius 1 is 0.520 bits per heavy atom. The molecular formula is C21H46O2SSi. The molecule has 0 radical (unpaired) electrons. The SMILES string of the molecule is CO[Si](C)(CCCCCCCCCCCCCCCCCCS)OC. The Kier molecular flexibility index (Phi) is 19.6. The minimum absolute atomic E-state index is 1.06. The quantitative estimate of drug-likeness (QED) is 0.132. The summed E-state index contributed by atoms with van der Waals surface area (Å²) in [5.74, 6) is 1.06. The van der Waals surface area contributed by atoms with Gasteiger partial charge in [-0.1, -0.05) is 96.3 Å². The van der Waals surface area contributed by atoms with Crippen LogP contribution in [0.3, 0.4) is 0 Å². The van der Waals surface area contributed by atoms with Gasteiger partial charge < -0.3 is 8.85 Å². The van der Waals surface area contributed by atoms with E-state index in [9.17, 15) is 0 Å². The van der Waals surface area contributed by atoms with Crippen LogP contribution >= 0.6 is 12.6 Å². The molecule has 0 aromatic heterocycles. The van der Waals surface area contributed by atoms with E-state index in [1.165, 1.54) is 103 Å². The first-order valence-corrected chi connectivity index (χ1v) is 14.1. The summed E-state index contributed by atoms with van der Waals surface area (Å²) in [6.45, 7) is 2.16. The third-order valence-electron chi connectivity index (χ3n) is 5.40. The molecule has 0 aliphatic heterocycles. The van der Waals surface area contributed by atoms with Gasteiger partial charge in [0.2, 0.25) is 0 Å². The van der Waals surface area contributed by atoms with Crippen molar-refractivity contribution in [3.8, 4) is 0 Å². The molecular weight excluding hydrogens is 344 g/mol. The second kappa shape index (κ2) is 19.3. The molecule has 0 unspecified atom stereocenters. The molecule has 0 aromatic rings. The first-order chi connectivity index (χ1) is 12.2. The Morgan fingerprint density at radius 3 is 1.08 bits per heavy atom. The number of unbranched alkanes of at least 4 members (excludes halogenated alkanes) is 15. The Balaban J connectivity index is 3.12. The average Bonchev–Trinajstić information content (AvgIpc) is 2.64. The van der Waals surface area contributed by atoms with Crippen molar-refractivity contribution >= 4 is 21.2 Å². The van der Waals surface area contributed by atoms with Gasteiger partial charge in [0, 0.05) is 14.2 Å². The summed E-state index contributed by atoms with van der Waals surface area (Å²) >= 11 is 4.26. The van der Waals surface area contributed by atoms with E-state index in [2.05, 4.69) is 19.2 Å². The second-order valence-corrected chi connectivity index (χ2v) is 11.7. The zero-order valence-corrected chi connectivity index (χ0v) is 19.4. The third kappa shape index (κ3) is 17.6. The maximum Gasteiger partial charge on any atom is 0.334 e. The number of hydrogen-bond acceptors (Lipinski definition) is 3. The van der Waals surface area contributed by atoms with E-state index < -0.39 is 8.56 Å². The van der Waals surface area contributed by atoms with Crippen molar-refractivity contribution < 1.29 is 8.85 Å². The normalized spacial score (nSPS) is 12.0. The molecule has 0 aromatic carbocycles. The summed E-state index contributed by atoms with van der Waals surface area (Å²) in [4.78, 5) is 0. The highest BCUT2D eigenvalue weighted by Gasteiger charge is 2.27. The maximum absolute atomic E-state index is 5.53. The lowest BCUT2D eigenvalue weighted by Gasteiger charge is -2.22. The molecule has 0 amide bonds.